The van der Waals surface area contributed by atoms with E-state index in [0.29, 0.717) is 11.5 Å². The second kappa shape index (κ2) is 7.05. The Balaban J connectivity index is 2.29. The zero-order valence-corrected chi connectivity index (χ0v) is 13.2. The second-order valence-electron chi connectivity index (χ2n) is 6.17. The summed E-state index contributed by atoms with van der Waals surface area (Å²) in [4.78, 5) is 12.0. The van der Waals surface area contributed by atoms with Crippen LogP contribution in [0.4, 0.5) is 0 Å². The maximum Gasteiger partial charge on any atom is 0.338 e. The van der Waals surface area contributed by atoms with Crippen molar-refractivity contribution in [3.8, 4) is 0 Å². The number of methoxy groups -OCH3 is 1. The molecular weight excluding hydrogens is 264 g/mol. The van der Waals surface area contributed by atoms with Crippen LogP contribution in [0.25, 0.3) is 0 Å². The molecule has 1 saturated heterocycles. The van der Waals surface area contributed by atoms with Gasteiger partial charge in [-0.25, -0.2) is 4.79 Å². The number of hydrogen-bond acceptors (Lipinski definition) is 4. The van der Waals surface area contributed by atoms with Crippen molar-refractivity contribution in [2.24, 2.45) is 11.7 Å². The number of carbonyl (C=O) groups excluding carboxylic acids is 1. The Morgan fingerprint density at radius 2 is 2.24 bits per heavy atom. The van der Waals surface area contributed by atoms with Gasteiger partial charge in [0.15, 0.2) is 0 Å². The fourth-order valence-electron chi connectivity index (χ4n) is 2.78. The Morgan fingerprint density at radius 3 is 2.81 bits per heavy atom. The maximum absolute atomic E-state index is 12.0. The molecule has 1 aliphatic rings. The first-order chi connectivity index (χ1) is 10.0. The number of ether oxygens (including phenoxy) is 1. The molecule has 116 valence electrons. The summed E-state index contributed by atoms with van der Waals surface area (Å²) in [6.45, 7) is 5.26. The normalized spacial score (nSPS) is 19.8. The standard InChI is InChI=1S/C17H26N2O2/c1-11(2)15(18)10-12-6-7-13(17(20)21-3)14(9-12)16-5-4-8-19-16/h6-7,9,11,15-16,19H,4-5,8,10,18H2,1-3H3. The monoisotopic (exact) mass is 290 g/mol. The summed E-state index contributed by atoms with van der Waals surface area (Å²) < 4.78 is 4.90. The molecule has 3 N–H and O–H groups in total. The van der Waals surface area contributed by atoms with Gasteiger partial charge in [-0.15, -0.1) is 0 Å². The lowest BCUT2D eigenvalue weighted by atomic mass is 9.92. The molecule has 1 heterocycles. The molecule has 0 amide bonds. The van der Waals surface area contributed by atoms with Crippen LogP contribution in [0.5, 0.6) is 0 Å². The molecule has 0 radical (unpaired) electrons. The number of rotatable bonds is 5. The van der Waals surface area contributed by atoms with Crippen LogP contribution in [0.1, 0.15) is 54.2 Å². The molecular formula is C17H26N2O2. The third-order valence-corrected chi connectivity index (χ3v) is 4.28. The Kier molecular flexibility index (Phi) is 5.37. The van der Waals surface area contributed by atoms with E-state index in [1.54, 1.807) is 0 Å². The summed E-state index contributed by atoms with van der Waals surface area (Å²) in [6.07, 6.45) is 3.03. The highest BCUT2D eigenvalue weighted by atomic mass is 16.5. The van der Waals surface area contributed by atoms with E-state index in [1.165, 1.54) is 12.7 Å². The fourth-order valence-corrected chi connectivity index (χ4v) is 2.78. The van der Waals surface area contributed by atoms with Crippen molar-refractivity contribution in [3.63, 3.8) is 0 Å². The van der Waals surface area contributed by atoms with Gasteiger partial charge in [0.05, 0.1) is 12.7 Å². The molecule has 1 aromatic rings. The van der Waals surface area contributed by atoms with Crippen LogP contribution >= 0.6 is 0 Å². The maximum atomic E-state index is 12.0. The number of hydrogen-bond donors (Lipinski definition) is 2. The van der Waals surface area contributed by atoms with Gasteiger partial charge in [0.1, 0.15) is 0 Å². The molecule has 0 spiro atoms. The molecule has 0 aromatic heterocycles. The summed E-state index contributed by atoms with van der Waals surface area (Å²) in [7, 11) is 1.43. The minimum Gasteiger partial charge on any atom is -0.465 e. The van der Waals surface area contributed by atoms with Gasteiger partial charge < -0.3 is 15.8 Å². The number of nitrogens with one attached hydrogen (secondary N) is 1. The lowest BCUT2D eigenvalue weighted by Crippen LogP contribution is -2.29. The van der Waals surface area contributed by atoms with Crippen LogP contribution in [-0.4, -0.2) is 25.7 Å². The Hall–Kier alpha value is -1.39. The van der Waals surface area contributed by atoms with Crippen LogP contribution in [0.2, 0.25) is 0 Å². The highest BCUT2D eigenvalue weighted by Gasteiger charge is 2.23. The van der Waals surface area contributed by atoms with Crippen molar-refractivity contribution in [2.45, 2.75) is 45.2 Å². The number of nitrogens with two attached hydrogens (primary N) is 1. The smallest absolute Gasteiger partial charge is 0.338 e. The van der Waals surface area contributed by atoms with Gasteiger partial charge >= 0.3 is 5.97 Å². The van der Waals surface area contributed by atoms with Crippen molar-refractivity contribution < 1.29 is 9.53 Å². The largest absolute Gasteiger partial charge is 0.465 e. The minimum absolute atomic E-state index is 0.137. The predicted octanol–water partition coefficient (Wildman–Crippen LogP) is 2.42. The average Bonchev–Trinajstić information content (AvgIpc) is 3.00. The van der Waals surface area contributed by atoms with Crippen LogP contribution in [-0.2, 0) is 11.2 Å². The summed E-state index contributed by atoms with van der Waals surface area (Å²) in [5, 5.41) is 3.46. The molecule has 2 atom stereocenters. The molecule has 21 heavy (non-hydrogen) atoms. The fraction of sp³-hybridized carbons (Fsp3) is 0.588. The van der Waals surface area contributed by atoms with Crippen molar-refractivity contribution in [3.05, 3.63) is 34.9 Å². The zero-order valence-electron chi connectivity index (χ0n) is 13.2. The third kappa shape index (κ3) is 3.83. The molecule has 0 bridgehead atoms. The van der Waals surface area contributed by atoms with E-state index >= 15 is 0 Å². The highest BCUT2D eigenvalue weighted by molar-refractivity contribution is 5.91. The minimum atomic E-state index is -0.265. The SMILES string of the molecule is COC(=O)c1ccc(CC(N)C(C)C)cc1C1CCCN1. The van der Waals surface area contributed by atoms with E-state index in [-0.39, 0.29) is 18.1 Å². The van der Waals surface area contributed by atoms with E-state index in [4.69, 9.17) is 10.5 Å². The molecule has 4 heteroatoms. The molecule has 1 aliphatic heterocycles. The zero-order chi connectivity index (χ0) is 15.4. The highest BCUT2D eigenvalue weighted by Crippen LogP contribution is 2.28. The van der Waals surface area contributed by atoms with E-state index < -0.39 is 0 Å². The summed E-state index contributed by atoms with van der Waals surface area (Å²) in [5.41, 5.74) is 9.07. The van der Waals surface area contributed by atoms with Crippen LogP contribution < -0.4 is 11.1 Å². The summed E-state index contributed by atoms with van der Waals surface area (Å²) >= 11 is 0. The second-order valence-corrected chi connectivity index (χ2v) is 6.17. The van der Waals surface area contributed by atoms with Gasteiger partial charge in [-0.05, 0) is 48.9 Å². The molecule has 1 aromatic carbocycles. The summed E-state index contributed by atoms with van der Waals surface area (Å²) in [5.74, 6) is 0.178. The molecule has 2 rings (SSSR count). The quantitative estimate of drug-likeness (QED) is 0.817. The van der Waals surface area contributed by atoms with Gasteiger partial charge in [-0.2, -0.15) is 0 Å². The van der Waals surface area contributed by atoms with Crippen LogP contribution in [0, 0.1) is 5.92 Å². The Bertz CT molecular complexity index is 494. The van der Waals surface area contributed by atoms with Crippen molar-refractivity contribution in [1.82, 2.24) is 5.32 Å². The number of benzene rings is 1. The van der Waals surface area contributed by atoms with E-state index in [2.05, 4.69) is 25.2 Å². The predicted molar refractivity (Wildman–Crippen MR) is 84.3 cm³/mol. The Labute approximate surface area is 127 Å². The van der Waals surface area contributed by atoms with E-state index in [1.807, 2.05) is 12.1 Å². The lowest BCUT2D eigenvalue weighted by molar-refractivity contribution is 0.0598. The molecule has 2 unspecified atom stereocenters. The van der Waals surface area contributed by atoms with Crippen LogP contribution in [0.15, 0.2) is 18.2 Å². The molecule has 4 nitrogen and oxygen atoms in total. The molecule has 0 aliphatic carbocycles. The van der Waals surface area contributed by atoms with Gasteiger partial charge in [0.2, 0.25) is 0 Å². The average molecular weight is 290 g/mol. The first-order valence-corrected chi connectivity index (χ1v) is 7.73. The van der Waals surface area contributed by atoms with E-state index in [9.17, 15) is 4.79 Å². The topological polar surface area (TPSA) is 64.3 Å². The Morgan fingerprint density at radius 1 is 1.48 bits per heavy atom. The van der Waals surface area contributed by atoms with Crippen molar-refractivity contribution in [1.29, 1.82) is 0 Å². The first kappa shape index (κ1) is 16.0. The lowest BCUT2D eigenvalue weighted by Gasteiger charge is -2.19. The van der Waals surface area contributed by atoms with Gasteiger partial charge in [0, 0.05) is 12.1 Å². The number of esters is 1. The van der Waals surface area contributed by atoms with Crippen LogP contribution in [0.3, 0.4) is 0 Å². The van der Waals surface area contributed by atoms with Gasteiger partial charge in [-0.1, -0.05) is 26.0 Å². The van der Waals surface area contributed by atoms with Crippen molar-refractivity contribution in [2.75, 3.05) is 13.7 Å². The number of carbonyl (C=O) groups is 1. The van der Waals surface area contributed by atoms with E-state index in [0.717, 1.165) is 31.4 Å². The molecule has 1 fully saturated rings. The van der Waals surface area contributed by atoms with Gasteiger partial charge in [0.25, 0.3) is 0 Å². The first-order valence-electron chi connectivity index (χ1n) is 7.73. The van der Waals surface area contributed by atoms with Crippen molar-refractivity contribution >= 4 is 5.97 Å². The summed E-state index contributed by atoms with van der Waals surface area (Å²) in [6, 6.07) is 6.38. The van der Waals surface area contributed by atoms with Gasteiger partial charge in [-0.3, -0.25) is 0 Å². The third-order valence-electron chi connectivity index (χ3n) is 4.28. The molecule has 0 saturated carbocycles.